The van der Waals surface area contributed by atoms with Gasteiger partial charge in [0.05, 0.1) is 12.0 Å². The van der Waals surface area contributed by atoms with Crippen molar-refractivity contribution in [1.82, 2.24) is 5.32 Å². The number of aryl methyl sites for hydroxylation is 2. The van der Waals surface area contributed by atoms with E-state index in [4.69, 9.17) is 8.83 Å². The van der Waals surface area contributed by atoms with Crippen molar-refractivity contribution in [3.63, 3.8) is 0 Å². The van der Waals surface area contributed by atoms with Crippen LogP contribution < -0.4 is 16.0 Å². The van der Waals surface area contributed by atoms with E-state index in [1.807, 2.05) is 64.1 Å². The maximum atomic E-state index is 12.7. The minimum Gasteiger partial charge on any atom is -0.548 e. The molecule has 0 radical (unpaired) electrons. The smallest absolute Gasteiger partial charge is 0.339 e. The van der Waals surface area contributed by atoms with Gasteiger partial charge in [-0.3, -0.25) is 4.79 Å². The van der Waals surface area contributed by atoms with Crippen molar-refractivity contribution < 1.29 is 23.5 Å². The standard InChI is InChI=1S/C28H29NO6/c1-15(2)12-22(27(31)32)29-25(30)11-10-19-16(3)20-13-21-24(14-23(20)35-28(19)33)34-17(4)26(21)18-8-6-5-7-9-18/h5-9,13-15,22H,10-12H2,1-4H3,(H,29,30)(H,31,32)/p-1/t22-/m0/s1. The van der Waals surface area contributed by atoms with Gasteiger partial charge in [-0.15, -0.1) is 0 Å². The Hall–Kier alpha value is -3.87. The lowest BCUT2D eigenvalue weighted by molar-refractivity contribution is -0.308. The van der Waals surface area contributed by atoms with E-state index in [-0.39, 0.29) is 25.2 Å². The van der Waals surface area contributed by atoms with Crippen LogP contribution in [0.15, 0.2) is 56.1 Å². The third-order valence-corrected chi connectivity index (χ3v) is 6.26. The number of carbonyl (C=O) groups excluding carboxylic acids is 2. The fourth-order valence-electron chi connectivity index (χ4n) is 4.54. The number of carboxylic acid groups (broad SMARTS) is 1. The molecule has 2 aromatic heterocycles. The van der Waals surface area contributed by atoms with E-state index < -0.39 is 23.5 Å². The highest BCUT2D eigenvalue weighted by Gasteiger charge is 2.20. The van der Waals surface area contributed by atoms with Crippen LogP contribution >= 0.6 is 0 Å². The second-order valence-corrected chi connectivity index (χ2v) is 9.31. The number of furan rings is 1. The van der Waals surface area contributed by atoms with Gasteiger partial charge in [-0.05, 0) is 49.8 Å². The molecule has 182 valence electrons. The Morgan fingerprint density at radius 3 is 2.34 bits per heavy atom. The summed E-state index contributed by atoms with van der Waals surface area (Å²) in [5.74, 6) is -0.924. The number of amides is 1. The number of hydrogen-bond donors (Lipinski definition) is 1. The molecule has 0 aliphatic carbocycles. The predicted molar refractivity (Wildman–Crippen MR) is 132 cm³/mol. The molecule has 0 saturated heterocycles. The summed E-state index contributed by atoms with van der Waals surface area (Å²) in [7, 11) is 0. The molecule has 0 bridgehead atoms. The predicted octanol–water partition coefficient (Wildman–Crippen LogP) is 4.04. The van der Waals surface area contributed by atoms with E-state index >= 15 is 0 Å². The lowest BCUT2D eigenvalue weighted by Gasteiger charge is -2.21. The van der Waals surface area contributed by atoms with Crippen LogP contribution in [0, 0.1) is 19.8 Å². The topological polar surface area (TPSA) is 113 Å². The van der Waals surface area contributed by atoms with E-state index in [1.54, 1.807) is 6.07 Å². The first-order chi connectivity index (χ1) is 16.7. The molecule has 0 aliphatic rings. The molecular weight excluding hydrogens is 446 g/mol. The zero-order valence-electron chi connectivity index (χ0n) is 20.3. The molecule has 7 heteroatoms. The molecular formula is C28H28NO6-. The van der Waals surface area contributed by atoms with Crippen molar-refractivity contribution in [3.05, 3.63) is 69.8 Å². The van der Waals surface area contributed by atoms with Crippen LogP contribution in [0.4, 0.5) is 0 Å². The van der Waals surface area contributed by atoms with Crippen LogP contribution in [-0.2, 0) is 16.0 Å². The third kappa shape index (κ3) is 4.99. The van der Waals surface area contributed by atoms with Crippen molar-refractivity contribution in [2.75, 3.05) is 0 Å². The number of rotatable bonds is 8. The SMILES string of the molecule is Cc1oc2cc3oc(=O)c(CCC(=O)N[C@@H](CC(C)C)C(=O)[O-])c(C)c3cc2c1-c1ccccc1. The quantitative estimate of drug-likeness (QED) is 0.386. The van der Waals surface area contributed by atoms with Crippen molar-refractivity contribution in [2.24, 2.45) is 5.92 Å². The maximum Gasteiger partial charge on any atom is 0.339 e. The van der Waals surface area contributed by atoms with Gasteiger partial charge in [0.2, 0.25) is 5.91 Å². The molecule has 0 unspecified atom stereocenters. The summed E-state index contributed by atoms with van der Waals surface area (Å²) in [6, 6.07) is 12.5. The Labute approximate surface area is 202 Å². The molecule has 0 spiro atoms. The largest absolute Gasteiger partial charge is 0.548 e. The average molecular weight is 475 g/mol. The summed E-state index contributed by atoms with van der Waals surface area (Å²) in [5.41, 5.74) is 3.64. The minimum atomic E-state index is -1.32. The lowest BCUT2D eigenvalue weighted by atomic mass is 9.98. The second-order valence-electron chi connectivity index (χ2n) is 9.31. The third-order valence-electron chi connectivity index (χ3n) is 6.26. The number of benzene rings is 2. The van der Waals surface area contributed by atoms with E-state index in [2.05, 4.69) is 5.32 Å². The molecule has 1 amide bonds. The summed E-state index contributed by atoms with van der Waals surface area (Å²) >= 11 is 0. The van der Waals surface area contributed by atoms with Gasteiger partial charge in [0.25, 0.3) is 0 Å². The highest BCUT2D eigenvalue weighted by atomic mass is 16.4. The minimum absolute atomic E-state index is 0.0404. The van der Waals surface area contributed by atoms with Gasteiger partial charge in [0, 0.05) is 34.4 Å². The molecule has 4 rings (SSSR count). The molecule has 2 heterocycles. The first-order valence-electron chi connectivity index (χ1n) is 11.7. The Balaban J connectivity index is 1.67. The highest BCUT2D eigenvalue weighted by molar-refractivity contribution is 6.03. The van der Waals surface area contributed by atoms with Crippen molar-refractivity contribution in [2.45, 2.75) is 53.0 Å². The monoisotopic (exact) mass is 474 g/mol. The number of carbonyl (C=O) groups is 2. The lowest BCUT2D eigenvalue weighted by Crippen LogP contribution is -2.48. The zero-order chi connectivity index (χ0) is 25.3. The van der Waals surface area contributed by atoms with Gasteiger partial charge in [0.15, 0.2) is 0 Å². The van der Waals surface area contributed by atoms with E-state index in [0.717, 1.165) is 33.2 Å². The normalized spacial score (nSPS) is 12.4. The number of hydrogen-bond acceptors (Lipinski definition) is 6. The highest BCUT2D eigenvalue weighted by Crippen LogP contribution is 2.37. The van der Waals surface area contributed by atoms with Crippen LogP contribution in [0.3, 0.4) is 0 Å². The van der Waals surface area contributed by atoms with Gasteiger partial charge in [0.1, 0.15) is 16.9 Å². The summed E-state index contributed by atoms with van der Waals surface area (Å²) < 4.78 is 11.6. The zero-order valence-corrected chi connectivity index (χ0v) is 20.3. The Morgan fingerprint density at radius 2 is 1.69 bits per heavy atom. The second kappa shape index (κ2) is 9.78. The Morgan fingerprint density at radius 1 is 1.00 bits per heavy atom. The molecule has 35 heavy (non-hydrogen) atoms. The summed E-state index contributed by atoms with van der Waals surface area (Å²) in [5, 5.41) is 15.5. The Kier molecular flexibility index (Phi) is 6.78. The first kappa shape index (κ1) is 24.3. The van der Waals surface area contributed by atoms with Crippen LogP contribution in [0.1, 0.15) is 43.6 Å². The number of nitrogens with one attached hydrogen (secondary N) is 1. The fourth-order valence-corrected chi connectivity index (χ4v) is 4.54. The summed E-state index contributed by atoms with van der Waals surface area (Å²) in [4.78, 5) is 36.5. The molecule has 1 N–H and O–H groups in total. The summed E-state index contributed by atoms with van der Waals surface area (Å²) in [6.45, 7) is 7.47. The van der Waals surface area contributed by atoms with Gasteiger partial charge >= 0.3 is 5.63 Å². The van der Waals surface area contributed by atoms with Crippen LogP contribution in [0.25, 0.3) is 33.1 Å². The average Bonchev–Trinajstić information content (AvgIpc) is 3.12. The first-order valence-corrected chi connectivity index (χ1v) is 11.7. The van der Waals surface area contributed by atoms with Crippen LogP contribution in [-0.4, -0.2) is 17.9 Å². The molecule has 1 atom stereocenters. The van der Waals surface area contributed by atoms with Crippen LogP contribution in [0.5, 0.6) is 0 Å². The number of aliphatic carboxylic acids is 1. The van der Waals surface area contributed by atoms with Gasteiger partial charge < -0.3 is 24.1 Å². The summed E-state index contributed by atoms with van der Waals surface area (Å²) in [6.07, 6.45) is 0.363. The van der Waals surface area contributed by atoms with Crippen molar-refractivity contribution in [3.8, 4) is 11.1 Å². The van der Waals surface area contributed by atoms with Crippen molar-refractivity contribution in [1.29, 1.82) is 0 Å². The molecule has 0 fully saturated rings. The van der Waals surface area contributed by atoms with Gasteiger partial charge in [-0.1, -0.05) is 44.2 Å². The van der Waals surface area contributed by atoms with Crippen molar-refractivity contribution >= 4 is 33.8 Å². The van der Waals surface area contributed by atoms with Gasteiger partial charge in [-0.25, -0.2) is 4.79 Å². The molecule has 0 saturated carbocycles. The number of carboxylic acids is 1. The molecule has 7 nitrogen and oxygen atoms in total. The van der Waals surface area contributed by atoms with Crippen LogP contribution in [0.2, 0.25) is 0 Å². The number of fused-ring (bicyclic) bond motifs is 2. The van der Waals surface area contributed by atoms with E-state index in [9.17, 15) is 19.5 Å². The van der Waals surface area contributed by atoms with Gasteiger partial charge in [-0.2, -0.15) is 0 Å². The molecule has 2 aromatic carbocycles. The van der Waals surface area contributed by atoms with E-state index in [0.29, 0.717) is 16.7 Å². The van der Waals surface area contributed by atoms with E-state index in [1.165, 1.54) is 0 Å². The fraction of sp³-hybridized carbons (Fsp3) is 0.321. The molecule has 0 aliphatic heterocycles. The Bertz CT molecular complexity index is 1460. The maximum absolute atomic E-state index is 12.7. The molecule has 4 aromatic rings.